The molecule has 1 N–H and O–H groups in total. The highest BCUT2D eigenvalue weighted by Crippen LogP contribution is 2.15. The summed E-state index contributed by atoms with van der Waals surface area (Å²) < 4.78 is 2.02. The van der Waals surface area contributed by atoms with Crippen LogP contribution in [0.1, 0.15) is 26.7 Å². The lowest BCUT2D eigenvalue weighted by Crippen LogP contribution is -2.31. The van der Waals surface area contributed by atoms with Crippen molar-refractivity contribution in [3.8, 4) is 0 Å². The van der Waals surface area contributed by atoms with Gasteiger partial charge in [0.15, 0.2) is 0 Å². The molecule has 1 unspecified atom stereocenters. The lowest BCUT2D eigenvalue weighted by molar-refractivity contribution is 0.306. The number of aromatic nitrogens is 2. The van der Waals surface area contributed by atoms with Gasteiger partial charge in [-0.2, -0.15) is 5.10 Å². The summed E-state index contributed by atoms with van der Waals surface area (Å²) in [5.41, 5.74) is 0. The second-order valence-electron chi connectivity index (χ2n) is 5.64. The maximum absolute atomic E-state index is 4.23. The normalized spacial score (nSPS) is 20.9. The van der Waals surface area contributed by atoms with Crippen molar-refractivity contribution < 1.29 is 0 Å². The quantitative estimate of drug-likeness (QED) is 0.798. The van der Waals surface area contributed by atoms with Crippen LogP contribution < -0.4 is 5.32 Å². The summed E-state index contributed by atoms with van der Waals surface area (Å²) >= 11 is 0. The summed E-state index contributed by atoms with van der Waals surface area (Å²) in [6, 6.07) is 2.60. The molecule has 1 saturated heterocycles. The van der Waals surface area contributed by atoms with E-state index in [2.05, 4.69) is 29.2 Å². The van der Waals surface area contributed by atoms with Gasteiger partial charge in [0, 0.05) is 31.5 Å². The molecule has 1 aliphatic rings. The van der Waals surface area contributed by atoms with Gasteiger partial charge in [-0.1, -0.05) is 13.8 Å². The fraction of sp³-hybridized carbons (Fsp3) is 0.786. The van der Waals surface area contributed by atoms with Gasteiger partial charge in [0.1, 0.15) is 0 Å². The van der Waals surface area contributed by atoms with E-state index in [0.717, 1.165) is 12.5 Å². The van der Waals surface area contributed by atoms with Gasteiger partial charge in [0.05, 0.1) is 0 Å². The van der Waals surface area contributed by atoms with Crippen LogP contribution in [0.25, 0.3) is 0 Å². The molecule has 0 amide bonds. The predicted molar refractivity (Wildman–Crippen MR) is 74.5 cm³/mol. The monoisotopic (exact) mass is 250 g/mol. The van der Waals surface area contributed by atoms with E-state index in [1.165, 1.54) is 39.0 Å². The molecule has 0 aromatic carbocycles. The lowest BCUT2D eigenvalue weighted by Gasteiger charge is -2.17. The van der Waals surface area contributed by atoms with E-state index in [0.29, 0.717) is 6.04 Å². The molecule has 0 bridgehead atoms. The van der Waals surface area contributed by atoms with Gasteiger partial charge in [0.25, 0.3) is 0 Å². The average Bonchev–Trinajstić information content (AvgIpc) is 2.97. The van der Waals surface area contributed by atoms with E-state index in [9.17, 15) is 0 Å². The first-order chi connectivity index (χ1) is 8.74. The molecule has 1 fully saturated rings. The van der Waals surface area contributed by atoms with Crippen molar-refractivity contribution in [2.75, 3.05) is 26.2 Å². The Hall–Kier alpha value is -0.870. The number of likely N-dealkylation sites (tertiary alicyclic amines) is 1. The highest BCUT2D eigenvalue weighted by molar-refractivity contribution is 4.79. The molecular weight excluding hydrogens is 224 g/mol. The zero-order valence-corrected chi connectivity index (χ0v) is 11.7. The summed E-state index contributed by atoms with van der Waals surface area (Å²) in [6.45, 7) is 10.4. The van der Waals surface area contributed by atoms with Gasteiger partial charge in [-0.3, -0.25) is 4.68 Å². The topological polar surface area (TPSA) is 33.1 Å². The minimum absolute atomic E-state index is 0.610. The number of nitrogens with one attached hydrogen (secondary N) is 1. The van der Waals surface area contributed by atoms with E-state index < -0.39 is 0 Å². The Morgan fingerprint density at radius 1 is 1.39 bits per heavy atom. The van der Waals surface area contributed by atoms with Gasteiger partial charge >= 0.3 is 0 Å². The molecule has 4 heteroatoms. The van der Waals surface area contributed by atoms with Crippen LogP contribution in [-0.4, -0.2) is 46.9 Å². The Bertz CT molecular complexity index is 321. The van der Waals surface area contributed by atoms with Crippen LogP contribution in [0.4, 0.5) is 0 Å². The van der Waals surface area contributed by atoms with Crippen molar-refractivity contribution in [2.24, 2.45) is 5.92 Å². The van der Waals surface area contributed by atoms with Crippen LogP contribution in [0, 0.1) is 5.92 Å². The van der Waals surface area contributed by atoms with Crippen molar-refractivity contribution >= 4 is 0 Å². The Morgan fingerprint density at radius 2 is 2.28 bits per heavy atom. The van der Waals surface area contributed by atoms with Crippen LogP contribution in [-0.2, 0) is 6.54 Å². The Balaban J connectivity index is 1.58. The number of hydrogen-bond donors (Lipinski definition) is 1. The van der Waals surface area contributed by atoms with Gasteiger partial charge in [-0.15, -0.1) is 0 Å². The molecule has 1 aromatic rings. The summed E-state index contributed by atoms with van der Waals surface area (Å²) in [6.07, 6.45) is 6.44. The third-order valence-corrected chi connectivity index (χ3v) is 3.61. The van der Waals surface area contributed by atoms with E-state index in [1.54, 1.807) is 0 Å². The van der Waals surface area contributed by atoms with Crippen LogP contribution in [0.15, 0.2) is 18.5 Å². The second kappa shape index (κ2) is 6.90. The van der Waals surface area contributed by atoms with Crippen LogP contribution in [0.2, 0.25) is 0 Å². The van der Waals surface area contributed by atoms with Gasteiger partial charge in [0.2, 0.25) is 0 Å². The van der Waals surface area contributed by atoms with E-state index >= 15 is 0 Å². The highest BCUT2D eigenvalue weighted by Gasteiger charge is 2.21. The minimum atomic E-state index is 0.610. The van der Waals surface area contributed by atoms with E-state index in [-0.39, 0.29) is 0 Å². The molecule has 102 valence electrons. The van der Waals surface area contributed by atoms with Crippen LogP contribution in [0.5, 0.6) is 0 Å². The summed E-state index contributed by atoms with van der Waals surface area (Å²) in [5.74, 6) is 0.845. The van der Waals surface area contributed by atoms with Crippen LogP contribution >= 0.6 is 0 Å². The number of rotatable bonds is 7. The third-order valence-electron chi connectivity index (χ3n) is 3.61. The van der Waals surface area contributed by atoms with Crippen molar-refractivity contribution in [3.63, 3.8) is 0 Å². The first-order valence-electron chi connectivity index (χ1n) is 7.17. The highest BCUT2D eigenvalue weighted by atomic mass is 15.3. The largest absolute Gasteiger partial charge is 0.314 e. The standard InChI is InChI=1S/C14H26N4/c1-13(2)15-11-14-5-10-17(12-14)7-4-9-18-8-3-6-16-18/h3,6,8,13-15H,4-5,7,9-12H2,1-2H3. The average molecular weight is 250 g/mol. The molecule has 0 spiro atoms. The summed E-state index contributed by atoms with van der Waals surface area (Å²) in [5, 5.41) is 7.78. The predicted octanol–water partition coefficient (Wildman–Crippen LogP) is 1.59. The van der Waals surface area contributed by atoms with Gasteiger partial charge in [-0.25, -0.2) is 0 Å². The molecule has 1 atom stereocenters. The second-order valence-corrected chi connectivity index (χ2v) is 5.64. The molecule has 0 saturated carbocycles. The third kappa shape index (κ3) is 4.42. The van der Waals surface area contributed by atoms with Crippen molar-refractivity contribution in [1.29, 1.82) is 0 Å². The Labute approximate surface area is 110 Å². The number of hydrogen-bond acceptors (Lipinski definition) is 3. The Morgan fingerprint density at radius 3 is 3.00 bits per heavy atom. The van der Waals surface area contributed by atoms with Crippen LogP contribution in [0.3, 0.4) is 0 Å². The van der Waals surface area contributed by atoms with Crippen molar-refractivity contribution in [1.82, 2.24) is 20.0 Å². The smallest absolute Gasteiger partial charge is 0.0489 e. The number of aryl methyl sites for hydroxylation is 1. The van der Waals surface area contributed by atoms with E-state index in [4.69, 9.17) is 0 Å². The molecule has 4 nitrogen and oxygen atoms in total. The fourth-order valence-corrected chi connectivity index (χ4v) is 2.57. The van der Waals surface area contributed by atoms with Gasteiger partial charge in [-0.05, 0) is 44.5 Å². The zero-order chi connectivity index (χ0) is 12.8. The molecule has 0 radical (unpaired) electrons. The number of nitrogens with zero attached hydrogens (tertiary/aromatic N) is 3. The SMILES string of the molecule is CC(C)NCC1CCN(CCCn2cccn2)C1. The van der Waals surface area contributed by atoms with Crippen molar-refractivity contribution in [2.45, 2.75) is 39.3 Å². The van der Waals surface area contributed by atoms with E-state index in [1.807, 2.05) is 23.1 Å². The minimum Gasteiger partial charge on any atom is -0.314 e. The molecule has 18 heavy (non-hydrogen) atoms. The molecule has 0 aliphatic carbocycles. The zero-order valence-electron chi connectivity index (χ0n) is 11.7. The maximum Gasteiger partial charge on any atom is 0.0489 e. The summed E-state index contributed by atoms with van der Waals surface area (Å²) in [7, 11) is 0. The fourth-order valence-electron chi connectivity index (χ4n) is 2.57. The molecule has 2 heterocycles. The first-order valence-corrected chi connectivity index (χ1v) is 7.17. The van der Waals surface area contributed by atoms with Gasteiger partial charge < -0.3 is 10.2 Å². The molecular formula is C14H26N4. The molecule has 1 aliphatic heterocycles. The molecule has 2 rings (SSSR count). The summed E-state index contributed by atoms with van der Waals surface area (Å²) in [4.78, 5) is 2.59. The Kier molecular flexibility index (Phi) is 5.20. The lowest BCUT2D eigenvalue weighted by atomic mass is 10.1. The maximum atomic E-state index is 4.23. The first kappa shape index (κ1) is 13.6. The molecule has 1 aromatic heterocycles. The van der Waals surface area contributed by atoms with Crippen molar-refractivity contribution in [3.05, 3.63) is 18.5 Å².